The van der Waals surface area contributed by atoms with Crippen molar-refractivity contribution in [1.29, 1.82) is 0 Å². The average Bonchev–Trinajstić information content (AvgIpc) is 3.21. The number of aryl methyl sites for hydroxylation is 2. The summed E-state index contributed by atoms with van der Waals surface area (Å²) in [6.07, 6.45) is 3.80. The summed E-state index contributed by atoms with van der Waals surface area (Å²) in [5.41, 5.74) is 5.09. The molecule has 0 saturated heterocycles. The van der Waals surface area contributed by atoms with Crippen LogP contribution in [0.1, 0.15) is 46.6 Å². The van der Waals surface area contributed by atoms with Crippen LogP contribution in [0, 0.1) is 13.8 Å². The van der Waals surface area contributed by atoms with Crippen molar-refractivity contribution in [3.8, 4) is 5.75 Å². The van der Waals surface area contributed by atoms with Crippen molar-refractivity contribution in [2.45, 2.75) is 46.1 Å². The number of nitrogens with zero attached hydrogens (tertiary/aromatic N) is 2. The van der Waals surface area contributed by atoms with E-state index in [0.29, 0.717) is 23.7 Å². The largest absolute Gasteiger partial charge is 0.491 e. The molecule has 4 aromatic rings. The van der Waals surface area contributed by atoms with E-state index in [1.165, 1.54) is 11.1 Å². The van der Waals surface area contributed by atoms with Crippen molar-refractivity contribution in [3.63, 3.8) is 0 Å². The molecule has 0 aliphatic carbocycles. The van der Waals surface area contributed by atoms with Crippen LogP contribution in [0.4, 0.5) is 0 Å². The molecule has 0 spiro atoms. The molecule has 182 valence electrons. The van der Waals surface area contributed by atoms with Gasteiger partial charge in [0.25, 0.3) is 5.91 Å². The predicted octanol–water partition coefficient (Wildman–Crippen LogP) is 6.53. The monoisotopic (exact) mass is 489 g/mol. The molecule has 3 aromatic carbocycles. The second-order valence-corrected chi connectivity index (χ2v) is 9.17. The lowest BCUT2D eigenvalue weighted by Gasteiger charge is -2.13. The van der Waals surface area contributed by atoms with E-state index in [4.69, 9.17) is 21.3 Å². The van der Waals surface area contributed by atoms with E-state index in [2.05, 4.69) is 48.0 Å². The number of carbonyl (C=O) groups is 1. The van der Waals surface area contributed by atoms with Crippen molar-refractivity contribution in [3.05, 3.63) is 94.3 Å². The minimum Gasteiger partial charge on any atom is -0.491 e. The maximum absolute atomic E-state index is 12.3. The minimum atomic E-state index is -0.124. The number of hydrogen-bond acceptors (Lipinski definition) is 3. The van der Waals surface area contributed by atoms with Crippen LogP contribution in [0.3, 0.4) is 0 Å². The number of imidazole rings is 1. The van der Waals surface area contributed by atoms with Crippen molar-refractivity contribution < 1.29 is 9.53 Å². The van der Waals surface area contributed by atoms with Gasteiger partial charge in [-0.2, -0.15) is 0 Å². The number of rotatable bonds is 11. The van der Waals surface area contributed by atoms with Crippen LogP contribution in [-0.2, 0) is 13.0 Å². The normalized spacial score (nSPS) is 11.1. The Labute approximate surface area is 212 Å². The van der Waals surface area contributed by atoms with Gasteiger partial charge in [0.1, 0.15) is 18.2 Å². The summed E-state index contributed by atoms with van der Waals surface area (Å²) < 4.78 is 8.40. The molecule has 0 aliphatic heterocycles. The molecule has 0 saturated carbocycles. The fourth-order valence-electron chi connectivity index (χ4n) is 4.22. The number of para-hydroxylation sites is 2. The van der Waals surface area contributed by atoms with E-state index in [1.807, 2.05) is 30.3 Å². The van der Waals surface area contributed by atoms with Gasteiger partial charge in [-0.25, -0.2) is 4.98 Å². The molecule has 0 aliphatic rings. The quantitative estimate of drug-likeness (QED) is 0.244. The van der Waals surface area contributed by atoms with Gasteiger partial charge in [-0.15, -0.1) is 0 Å². The molecule has 0 bridgehead atoms. The smallest absolute Gasteiger partial charge is 0.252 e. The third-order valence-electron chi connectivity index (χ3n) is 6.34. The molecule has 1 heterocycles. The van der Waals surface area contributed by atoms with E-state index in [1.54, 1.807) is 12.1 Å². The Hall–Kier alpha value is -3.31. The minimum absolute atomic E-state index is 0.124. The summed E-state index contributed by atoms with van der Waals surface area (Å²) in [4.78, 5) is 17.2. The Bertz CT molecular complexity index is 1300. The average molecular weight is 490 g/mol. The number of hydrogen-bond donors (Lipinski definition) is 1. The Morgan fingerprint density at radius 3 is 2.63 bits per heavy atom. The highest BCUT2D eigenvalue weighted by Gasteiger charge is 2.12. The first-order valence-corrected chi connectivity index (χ1v) is 12.6. The van der Waals surface area contributed by atoms with Gasteiger partial charge in [0.05, 0.1) is 28.2 Å². The molecule has 1 N–H and O–H groups in total. The van der Waals surface area contributed by atoms with Gasteiger partial charge in [0.2, 0.25) is 0 Å². The second kappa shape index (κ2) is 11.9. The van der Waals surface area contributed by atoms with Crippen LogP contribution in [-0.4, -0.2) is 28.6 Å². The maximum atomic E-state index is 12.3. The lowest BCUT2D eigenvalue weighted by Crippen LogP contribution is -2.24. The SMILES string of the molecule is Cc1cccc(OCCn2c(CCCCCNC(=O)c3ccccc3Cl)nc3ccccc32)c1C. The zero-order chi connectivity index (χ0) is 24.6. The summed E-state index contributed by atoms with van der Waals surface area (Å²) in [5.74, 6) is 1.90. The Morgan fingerprint density at radius 2 is 1.77 bits per heavy atom. The summed E-state index contributed by atoms with van der Waals surface area (Å²) in [6.45, 7) is 6.17. The molecule has 4 rings (SSSR count). The molecule has 6 heteroatoms. The summed E-state index contributed by atoms with van der Waals surface area (Å²) in [7, 11) is 0. The zero-order valence-corrected chi connectivity index (χ0v) is 21.1. The number of aromatic nitrogens is 2. The summed E-state index contributed by atoms with van der Waals surface area (Å²) in [5, 5.41) is 3.44. The lowest BCUT2D eigenvalue weighted by molar-refractivity contribution is 0.0953. The molecule has 35 heavy (non-hydrogen) atoms. The van der Waals surface area contributed by atoms with Crippen LogP contribution in [0.25, 0.3) is 11.0 Å². The van der Waals surface area contributed by atoms with Gasteiger partial charge >= 0.3 is 0 Å². The van der Waals surface area contributed by atoms with Crippen LogP contribution < -0.4 is 10.1 Å². The van der Waals surface area contributed by atoms with Crippen molar-refractivity contribution in [2.24, 2.45) is 0 Å². The number of amides is 1. The highest BCUT2D eigenvalue weighted by Crippen LogP contribution is 2.22. The van der Waals surface area contributed by atoms with Crippen molar-refractivity contribution in [2.75, 3.05) is 13.2 Å². The zero-order valence-electron chi connectivity index (χ0n) is 20.4. The fraction of sp³-hybridized carbons (Fsp3) is 0.310. The topological polar surface area (TPSA) is 56.1 Å². The van der Waals surface area contributed by atoms with Crippen molar-refractivity contribution in [1.82, 2.24) is 14.9 Å². The first-order valence-electron chi connectivity index (χ1n) is 12.2. The summed E-state index contributed by atoms with van der Waals surface area (Å²) in [6, 6.07) is 21.5. The number of unbranched alkanes of at least 4 members (excludes halogenated alkanes) is 2. The lowest BCUT2D eigenvalue weighted by atomic mass is 10.1. The van der Waals surface area contributed by atoms with E-state index < -0.39 is 0 Å². The van der Waals surface area contributed by atoms with Gasteiger partial charge in [-0.1, -0.05) is 54.4 Å². The highest BCUT2D eigenvalue weighted by atomic mass is 35.5. The van der Waals surface area contributed by atoms with Crippen molar-refractivity contribution >= 4 is 28.5 Å². The Kier molecular flexibility index (Phi) is 8.43. The van der Waals surface area contributed by atoms with Gasteiger partial charge in [0.15, 0.2) is 0 Å². The highest BCUT2D eigenvalue weighted by molar-refractivity contribution is 6.33. The van der Waals surface area contributed by atoms with Gasteiger partial charge in [0, 0.05) is 13.0 Å². The van der Waals surface area contributed by atoms with E-state index >= 15 is 0 Å². The number of benzene rings is 3. The molecule has 0 radical (unpaired) electrons. The third-order valence-corrected chi connectivity index (χ3v) is 6.67. The predicted molar refractivity (Wildman–Crippen MR) is 142 cm³/mol. The third kappa shape index (κ3) is 6.23. The van der Waals surface area contributed by atoms with E-state index in [-0.39, 0.29) is 5.91 Å². The number of halogens is 1. The fourth-order valence-corrected chi connectivity index (χ4v) is 4.44. The van der Waals surface area contributed by atoms with Crippen LogP contribution >= 0.6 is 11.6 Å². The second-order valence-electron chi connectivity index (χ2n) is 8.76. The molecule has 5 nitrogen and oxygen atoms in total. The van der Waals surface area contributed by atoms with E-state index in [0.717, 1.165) is 54.8 Å². The van der Waals surface area contributed by atoms with E-state index in [9.17, 15) is 4.79 Å². The van der Waals surface area contributed by atoms with Gasteiger partial charge < -0.3 is 14.6 Å². The number of fused-ring (bicyclic) bond motifs is 1. The number of nitrogens with one attached hydrogen (secondary N) is 1. The first-order chi connectivity index (χ1) is 17.0. The molecule has 0 unspecified atom stereocenters. The first kappa shape index (κ1) is 24.8. The molecule has 1 amide bonds. The maximum Gasteiger partial charge on any atom is 0.252 e. The number of ether oxygens (including phenoxy) is 1. The summed E-state index contributed by atoms with van der Waals surface area (Å²) >= 11 is 6.10. The molecular weight excluding hydrogens is 458 g/mol. The van der Waals surface area contributed by atoms with Gasteiger partial charge in [-0.05, 0) is 68.1 Å². The van der Waals surface area contributed by atoms with Crippen LogP contribution in [0.15, 0.2) is 66.7 Å². The Morgan fingerprint density at radius 1 is 0.971 bits per heavy atom. The molecule has 1 aromatic heterocycles. The van der Waals surface area contributed by atoms with Crippen LogP contribution in [0.2, 0.25) is 5.02 Å². The molecule has 0 fully saturated rings. The van der Waals surface area contributed by atoms with Gasteiger partial charge in [-0.3, -0.25) is 4.79 Å². The number of carbonyl (C=O) groups excluding carboxylic acids is 1. The molecular formula is C29H32ClN3O2. The standard InChI is InChI=1S/C29H32ClN3O2/c1-21-11-10-16-27(22(21)2)35-20-19-33-26-15-8-7-14-25(26)32-28(33)17-4-3-9-18-31-29(34)23-12-5-6-13-24(23)30/h5-8,10-16H,3-4,9,17-20H2,1-2H3,(H,31,34). The Balaban J connectivity index is 1.29. The molecule has 0 atom stereocenters. The van der Waals surface area contributed by atoms with Crippen LogP contribution in [0.5, 0.6) is 5.75 Å².